The van der Waals surface area contributed by atoms with E-state index in [1.54, 1.807) is 24.9 Å². The largest absolute Gasteiger partial charge is 0.388 e. The molecular formula is C21H26ClN9O5. The number of amides is 3. The van der Waals surface area contributed by atoms with Crippen LogP contribution < -0.4 is 21.7 Å². The van der Waals surface area contributed by atoms with Crippen LogP contribution in [0.2, 0.25) is 0 Å². The Labute approximate surface area is 211 Å². The quantitative estimate of drug-likeness (QED) is 0.123. The lowest BCUT2D eigenvalue weighted by atomic mass is 10.3. The predicted octanol–water partition coefficient (Wildman–Crippen LogP) is 1.59. The first-order chi connectivity index (χ1) is 16.5. The van der Waals surface area contributed by atoms with Crippen molar-refractivity contribution in [1.82, 2.24) is 19.0 Å². The molecule has 3 rings (SSSR count). The van der Waals surface area contributed by atoms with Crippen molar-refractivity contribution in [2.24, 2.45) is 26.9 Å². The minimum atomic E-state index is -0.591. The molecule has 0 aliphatic carbocycles. The standard InChI is InChI=1S/C21H25N9O5.ClH/c1-27-9-12(6-15(27)19(31)24-5-4-18(22)23)25-20(32)16-7-13(10-28(16)2)26-21(33)17-8-14(30(34)35)11-29(17)3;/h6-11H,4-5H2,1-3H3,(H3,22,23)(H,24,31)(H,25,32)(H,26,33);1H. The Kier molecular flexibility index (Phi) is 8.62. The lowest BCUT2D eigenvalue weighted by Crippen LogP contribution is -2.28. The van der Waals surface area contributed by atoms with Crippen molar-refractivity contribution in [3.05, 3.63) is 64.0 Å². The molecular weight excluding hydrogens is 494 g/mol. The van der Waals surface area contributed by atoms with Gasteiger partial charge in [-0.3, -0.25) is 29.9 Å². The molecule has 0 atom stereocenters. The second kappa shape index (κ2) is 11.2. The van der Waals surface area contributed by atoms with Crippen molar-refractivity contribution in [2.75, 3.05) is 17.2 Å². The molecule has 6 N–H and O–H groups in total. The summed E-state index contributed by atoms with van der Waals surface area (Å²) >= 11 is 0. The van der Waals surface area contributed by atoms with Crippen molar-refractivity contribution >= 4 is 53.0 Å². The molecule has 0 aliphatic rings. The molecule has 0 fully saturated rings. The number of aromatic nitrogens is 3. The molecule has 0 aromatic carbocycles. The van der Waals surface area contributed by atoms with Gasteiger partial charge in [0.05, 0.1) is 28.3 Å². The molecule has 14 nitrogen and oxygen atoms in total. The second-order valence-electron chi connectivity index (χ2n) is 7.84. The number of amidine groups is 1. The van der Waals surface area contributed by atoms with E-state index in [0.717, 1.165) is 6.07 Å². The van der Waals surface area contributed by atoms with Gasteiger partial charge >= 0.3 is 0 Å². The number of carbonyl (C=O) groups is 3. The molecule has 0 saturated heterocycles. The fraction of sp³-hybridized carbons (Fsp3) is 0.238. The van der Waals surface area contributed by atoms with E-state index in [9.17, 15) is 24.5 Å². The van der Waals surface area contributed by atoms with Gasteiger partial charge in [-0.1, -0.05) is 0 Å². The Morgan fingerprint density at radius 3 is 1.78 bits per heavy atom. The molecule has 3 aromatic rings. The van der Waals surface area contributed by atoms with Crippen LogP contribution in [-0.2, 0) is 21.1 Å². The highest BCUT2D eigenvalue weighted by atomic mass is 35.5. The number of aryl methyl sites for hydroxylation is 3. The number of hydrogen-bond donors (Lipinski definition) is 5. The zero-order chi connectivity index (χ0) is 25.9. The fourth-order valence-electron chi connectivity index (χ4n) is 3.38. The Morgan fingerprint density at radius 1 is 0.889 bits per heavy atom. The van der Waals surface area contributed by atoms with E-state index < -0.39 is 16.7 Å². The van der Waals surface area contributed by atoms with Gasteiger partial charge in [-0.2, -0.15) is 0 Å². The third-order valence-electron chi connectivity index (χ3n) is 5.10. The number of nitrogens with two attached hydrogens (primary N) is 1. The summed E-state index contributed by atoms with van der Waals surface area (Å²) in [6.07, 6.45) is 4.57. The Hall–Kier alpha value is -4.59. The minimum Gasteiger partial charge on any atom is -0.388 e. The average Bonchev–Trinajstić information content (AvgIpc) is 3.44. The number of rotatable bonds is 9. The van der Waals surface area contributed by atoms with Gasteiger partial charge in [0.2, 0.25) is 0 Å². The first-order valence-electron chi connectivity index (χ1n) is 10.3. The van der Waals surface area contributed by atoms with Gasteiger partial charge in [0.25, 0.3) is 23.4 Å². The summed E-state index contributed by atoms with van der Waals surface area (Å²) < 4.78 is 4.40. The van der Waals surface area contributed by atoms with Gasteiger partial charge in [0.15, 0.2) is 0 Å². The number of anilines is 2. The fourth-order valence-corrected chi connectivity index (χ4v) is 3.38. The number of hydrogen-bond acceptors (Lipinski definition) is 6. The molecule has 0 unspecified atom stereocenters. The normalized spacial score (nSPS) is 10.3. The second-order valence-corrected chi connectivity index (χ2v) is 7.84. The van der Waals surface area contributed by atoms with Crippen LogP contribution in [0.1, 0.15) is 37.9 Å². The lowest BCUT2D eigenvalue weighted by molar-refractivity contribution is -0.384. The highest BCUT2D eigenvalue weighted by Crippen LogP contribution is 2.20. The van der Waals surface area contributed by atoms with Crippen LogP contribution in [0.15, 0.2) is 36.8 Å². The number of nitro groups is 1. The predicted molar refractivity (Wildman–Crippen MR) is 135 cm³/mol. The summed E-state index contributed by atoms with van der Waals surface area (Å²) in [4.78, 5) is 48.0. The van der Waals surface area contributed by atoms with Crippen molar-refractivity contribution < 1.29 is 19.3 Å². The van der Waals surface area contributed by atoms with Gasteiger partial charge in [-0.05, 0) is 12.1 Å². The highest BCUT2D eigenvalue weighted by molar-refractivity contribution is 6.07. The Bertz CT molecular complexity index is 1340. The topological polar surface area (TPSA) is 195 Å². The third-order valence-corrected chi connectivity index (χ3v) is 5.10. The zero-order valence-electron chi connectivity index (χ0n) is 19.7. The van der Waals surface area contributed by atoms with E-state index in [-0.39, 0.29) is 54.2 Å². The Balaban J connectivity index is 0.00000456. The zero-order valence-corrected chi connectivity index (χ0v) is 20.5. The maximum atomic E-state index is 12.8. The van der Waals surface area contributed by atoms with Crippen LogP contribution in [0.3, 0.4) is 0 Å². The van der Waals surface area contributed by atoms with E-state index in [2.05, 4.69) is 16.0 Å². The van der Waals surface area contributed by atoms with Crippen molar-refractivity contribution in [1.29, 1.82) is 5.41 Å². The lowest BCUT2D eigenvalue weighted by Gasteiger charge is -2.04. The highest BCUT2D eigenvalue weighted by Gasteiger charge is 2.20. The molecule has 192 valence electrons. The van der Waals surface area contributed by atoms with Crippen molar-refractivity contribution in [2.45, 2.75) is 6.42 Å². The summed E-state index contributed by atoms with van der Waals surface area (Å²) in [5.41, 5.74) is 6.41. The number of carbonyl (C=O) groups excluding carboxylic acids is 3. The summed E-state index contributed by atoms with van der Waals surface area (Å²) in [6.45, 7) is 0.217. The van der Waals surface area contributed by atoms with Gasteiger partial charge in [-0.15, -0.1) is 12.4 Å². The number of nitrogens with zero attached hydrogens (tertiary/aromatic N) is 4. The van der Waals surface area contributed by atoms with Crippen LogP contribution in [0.25, 0.3) is 0 Å². The maximum absolute atomic E-state index is 12.8. The molecule has 0 bridgehead atoms. The maximum Gasteiger partial charge on any atom is 0.287 e. The van der Waals surface area contributed by atoms with E-state index in [1.165, 1.54) is 40.7 Å². The Morgan fingerprint density at radius 2 is 1.33 bits per heavy atom. The van der Waals surface area contributed by atoms with Gasteiger partial charge < -0.3 is 35.4 Å². The van der Waals surface area contributed by atoms with Gasteiger partial charge in [0.1, 0.15) is 17.1 Å². The molecule has 15 heteroatoms. The summed E-state index contributed by atoms with van der Waals surface area (Å²) in [7, 11) is 4.79. The molecule has 0 aliphatic heterocycles. The van der Waals surface area contributed by atoms with Crippen LogP contribution in [0.5, 0.6) is 0 Å². The van der Waals surface area contributed by atoms with E-state index >= 15 is 0 Å². The van der Waals surface area contributed by atoms with Crippen LogP contribution >= 0.6 is 12.4 Å². The van der Waals surface area contributed by atoms with Crippen LogP contribution in [0.4, 0.5) is 17.1 Å². The molecule has 0 spiro atoms. The third kappa shape index (κ3) is 6.29. The molecule has 3 amide bonds. The molecule has 3 aromatic heterocycles. The van der Waals surface area contributed by atoms with Crippen molar-refractivity contribution in [3.63, 3.8) is 0 Å². The smallest absolute Gasteiger partial charge is 0.287 e. The first kappa shape index (κ1) is 27.7. The molecule has 36 heavy (non-hydrogen) atoms. The number of nitrogens with one attached hydrogen (secondary N) is 4. The monoisotopic (exact) mass is 519 g/mol. The molecule has 0 radical (unpaired) electrons. The van der Waals surface area contributed by atoms with E-state index in [1.807, 2.05) is 0 Å². The SMILES string of the molecule is Cl.Cn1cc(NC(=O)c2cc(NC(=O)c3cc([N+](=O)[O-])cn3C)cn2C)cc1C(=O)NCCC(=N)N. The number of halogens is 1. The first-order valence-corrected chi connectivity index (χ1v) is 10.3. The summed E-state index contributed by atoms with van der Waals surface area (Å²) in [6, 6.07) is 4.13. The average molecular weight is 520 g/mol. The van der Waals surface area contributed by atoms with E-state index in [4.69, 9.17) is 11.1 Å². The summed E-state index contributed by atoms with van der Waals surface area (Å²) in [5, 5.41) is 26.1. The van der Waals surface area contributed by atoms with Gasteiger partial charge in [0, 0.05) is 52.6 Å². The van der Waals surface area contributed by atoms with Gasteiger partial charge in [-0.25, -0.2) is 0 Å². The summed E-state index contributed by atoms with van der Waals surface area (Å²) in [5.74, 6) is -1.45. The van der Waals surface area contributed by atoms with Crippen LogP contribution in [-0.4, -0.2) is 48.7 Å². The minimum absolute atomic E-state index is 0. The molecule has 3 heterocycles. The molecule has 0 saturated carbocycles. The van der Waals surface area contributed by atoms with Crippen LogP contribution in [0, 0.1) is 15.5 Å². The van der Waals surface area contributed by atoms with Crippen molar-refractivity contribution in [3.8, 4) is 0 Å². The van der Waals surface area contributed by atoms with E-state index in [0.29, 0.717) is 17.1 Å².